The summed E-state index contributed by atoms with van der Waals surface area (Å²) in [5.74, 6) is -1.03. The molecule has 4 rings (SSSR count). The number of anilines is 2. The molecular formula is C26H28ClN3O3. The summed E-state index contributed by atoms with van der Waals surface area (Å²) in [5, 5.41) is 2.76. The number of barbiturate groups is 1. The number of hydrogen-bond acceptors (Lipinski definition) is 4. The second-order valence-corrected chi connectivity index (χ2v) is 9.80. The molecule has 2 aliphatic heterocycles. The number of benzene rings is 2. The van der Waals surface area contributed by atoms with Crippen molar-refractivity contribution < 1.29 is 14.4 Å². The number of amides is 4. The van der Waals surface area contributed by atoms with Gasteiger partial charge in [-0.1, -0.05) is 18.5 Å². The van der Waals surface area contributed by atoms with Crippen molar-refractivity contribution in [1.29, 1.82) is 0 Å². The lowest BCUT2D eigenvalue weighted by Gasteiger charge is -2.47. The fourth-order valence-electron chi connectivity index (χ4n) is 5.04. The molecule has 2 heterocycles. The maximum atomic E-state index is 13.2. The van der Waals surface area contributed by atoms with E-state index in [4.69, 9.17) is 11.6 Å². The number of fused-ring (bicyclic) bond motifs is 1. The zero-order valence-electron chi connectivity index (χ0n) is 19.5. The lowest BCUT2D eigenvalue weighted by Crippen LogP contribution is -2.54. The van der Waals surface area contributed by atoms with E-state index in [1.54, 1.807) is 30.3 Å². The molecule has 1 atom stereocenters. The zero-order valence-corrected chi connectivity index (χ0v) is 20.3. The first-order valence-electron chi connectivity index (χ1n) is 11.1. The number of nitrogens with zero attached hydrogens (tertiary/aromatic N) is 2. The average molecular weight is 466 g/mol. The average Bonchev–Trinajstić information content (AvgIpc) is 2.72. The highest BCUT2D eigenvalue weighted by atomic mass is 35.5. The monoisotopic (exact) mass is 465 g/mol. The minimum atomic E-state index is -0.777. The molecule has 1 fully saturated rings. The maximum absolute atomic E-state index is 13.2. The van der Waals surface area contributed by atoms with Crippen molar-refractivity contribution >= 4 is 46.9 Å². The summed E-state index contributed by atoms with van der Waals surface area (Å²) in [7, 11) is 0. The van der Waals surface area contributed by atoms with Gasteiger partial charge in [0.05, 0.1) is 5.69 Å². The van der Waals surface area contributed by atoms with Gasteiger partial charge in [-0.15, -0.1) is 0 Å². The van der Waals surface area contributed by atoms with E-state index >= 15 is 0 Å². The molecule has 1 saturated heterocycles. The molecule has 1 N–H and O–H groups in total. The summed E-state index contributed by atoms with van der Waals surface area (Å²) < 4.78 is 0. The van der Waals surface area contributed by atoms with Crippen LogP contribution in [0.15, 0.2) is 42.0 Å². The number of halogens is 1. The first-order valence-corrected chi connectivity index (χ1v) is 11.5. The highest BCUT2D eigenvalue weighted by Gasteiger charge is 2.38. The van der Waals surface area contributed by atoms with Crippen LogP contribution in [0.5, 0.6) is 0 Å². The number of carbonyl (C=O) groups is 3. The first-order chi connectivity index (χ1) is 15.5. The second-order valence-electron chi connectivity index (χ2n) is 9.36. The fourth-order valence-corrected chi connectivity index (χ4v) is 5.17. The second kappa shape index (κ2) is 8.34. The predicted molar refractivity (Wildman–Crippen MR) is 132 cm³/mol. The summed E-state index contributed by atoms with van der Waals surface area (Å²) >= 11 is 5.94. The predicted octanol–water partition coefficient (Wildman–Crippen LogP) is 5.43. The van der Waals surface area contributed by atoms with Crippen LogP contribution in [0.1, 0.15) is 56.7 Å². The van der Waals surface area contributed by atoms with E-state index in [0.717, 1.165) is 29.0 Å². The van der Waals surface area contributed by atoms with Crippen LogP contribution in [-0.2, 0) is 9.59 Å². The molecule has 1 unspecified atom stereocenters. The Labute approximate surface area is 199 Å². The van der Waals surface area contributed by atoms with Gasteiger partial charge in [-0.05, 0) is 99.2 Å². The number of aryl methyl sites for hydroxylation is 1. The number of carbonyl (C=O) groups excluding carboxylic acids is 3. The van der Waals surface area contributed by atoms with Gasteiger partial charge in [0.25, 0.3) is 11.8 Å². The Morgan fingerprint density at radius 2 is 1.82 bits per heavy atom. The summed E-state index contributed by atoms with van der Waals surface area (Å²) in [6.45, 7) is 11.7. The van der Waals surface area contributed by atoms with Gasteiger partial charge in [-0.2, -0.15) is 0 Å². The maximum Gasteiger partial charge on any atom is 0.335 e. The Balaban J connectivity index is 1.77. The van der Waals surface area contributed by atoms with Crippen LogP contribution in [-0.4, -0.2) is 29.9 Å². The molecule has 4 amide bonds. The molecule has 6 nitrogen and oxygen atoms in total. The van der Waals surface area contributed by atoms with Gasteiger partial charge >= 0.3 is 6.03 Å². The van der Waals surface area contributed by atoms with Gasteiger partial charge < -0.3 is 4.90 Å². The molecule has 2 aliphatic rings. The lowest BCUT2D eigenvalue weighted by atomic mass is 9.79. The van der Waals surface area contributed by atoms with E-state index in [1.165, 1.54) is 11.3 Å². The van der Waals surface area contributed by atoms with Crippen LogP contribution >= 0.6 is 11.6 Å². The summed E-state index contributed by atoms with van der Waals surface area (Å²) in [6.07, 6.45) is 2.59. The van der Waals surface area contributed by atoms with E-state index in [0.29, 0.717) is 16.6 Å². The van der Waals surface area contributed by atoms with E-state index in [-0.39, 0.29) is 11.1 Å². The number of rotatable bonds is 3. The summed E-state index contributed by atoms with van der Waals surface area (Å²) in [6, 6.07) is 9.75. The fraction of sp³-hybridized carbons (Fsp3) is 0.346. The molecule has 0 aromatic heterocycles. The zero-order chi connectivity index (χ0) is 24.1. The molecule has 0 saturated carbocycles. The molecule has 0 bridgehead atoms. The van der Waals surface area contributed by atoms with Crippen LogP contribution in [0.4, 0.5) is 16.2 Å². The quantitative estimate of drug-likeness (QED) is 0.485. The Morgan fingerprint density at radius 1 is 1.15 bits per heavy atom. The van der Waals surface area contributed by atoms with Crippen molar-refractivity contribution in [2.45, 2.75) is 52.5 Å². The van der Waals surface area contributed by atoms with E-state index < -0.39 is 17.8 Å². The van der Waals surface area contributed by atoms with Gasteiger partial charge in [-0.3, -0.25) is 14.9 Å². The van der Waals surface area contributed by atoms with Crippen molar-refractivity contribution in [2.75, 3.05) is 16.3 Å². The Bertz CT molecular complexity index is 1180. The van der Waals surface area contributed by atoms with Crippen LogP contribution < -0.4 is 15.1 Å². The molecule has 33 heavy (non-hydrogen) atoms. The summed E-state index contributed by atoms with van der Waals surface area (Å²) in [5.41, 5.74) is 4.45. The SMILES string of the molecule is CCN1c2cc(C)c(/C=C3\C(=O)NC(=O)N(c4ccc(Cl)cc4)C3=O)cc2C(C)CC1(C)C. The largest absolute Gasteiger partial charge is 0.366 e. The van der Waals surface area contributed by atoms with Crippen molar-refractivity contribution in [2.24, 2.45) is 0 Å². The number of urea groups is 1. The Kier molecular flexibility index (Phi) is 5.83. The third-order valence-corrected chi connectivity index (χ3v) is 6.83. The lowest BCUT2D eigenvalue weighted by molar-refractivity contribution is -0.122. The highest BCUT2D eigenvalue weighted by Crippen LogP contribution is 2.44. The van der Waals surface area contributed by atoms with Gasteiger partial charge in [-0.25, -0.2) is 9.69 Å². The van der Waals surface area contributed by atoms with Gasteiger partial charge in [0.1, 0.15) is 5.57 Å². The normalized spacial score (nSPS) is 21.3. The van der Waals surface area contributed by atoms with Gasteiger partial charge in [0.15, 0.2) is 0 Å². The van der Waals surface area contributed by atoms with E-state index in [2.05, 4.69) is 50.0 Å². The third kappa shape index (κ3) is 4.04. The molecule has 2 aromatic rings. The first kappa shape index (κ1) is 23.1. The molecule has 0 spiro atoms. The minimum Gasteiger partial charge on any atom is -0.366 e. The molecule has 7 heteroatoms. The van der Waals surface area contributed by atoms with Crippen molar-refractivity contribution in [3.8, 4) is 0 Å². The number of imide groups is 2. The van der Waals surface area contributed by atoms with E-state index in [9.17, 15) is 14.4 Å². The van der Waals surface area contributed by atoms with Crippen LogP contribution in [0, 0.1) is 6.92 Å². The topological polar surface area (TPSA) is 69.7 Å². The molecule has 0 radical (unpaired) electrons. The standard InChI is InChI=1S/C26H28ClN3O3/c1-6-29-22-11-15(2)17(12-20(22)16(3)14-26(29,4)5)13-21-23(31)28-25(33)30(24(21)32)19-9-7-18(27)8-10-19/h7-13,16H,6,14H2,1-5H3,(H,28,31,33)/b21-13+. The summed E-state index contributed by atoms with van der Waals surface area (Å²) in [4.78, 5) is 41.6. The third-order valence-electron chi connectivity index (χ3n) is 6.58. The van der Waals surface area contributed by atoms with Crippen LogP contribution in [0.2, 0.25) is 5.02 Å². The van der Waals surface area contributed by atoms with Crippen molar-refractivity contribution in [1.82, 2.24) is 5.32 Å². The molecule has 172 valence electrons. The molecular weight excluding hydrogens is 438 g/mol. The van der Waals surface area contributed by atoms with Crippen LogP contribution in [0.3, 0.4) is 0 Å². The number of nitrogens with one attached hydrogen (secondary N) is 1. The highest BCUT2D eigenvalue weighted by molar-refractivity contribution is 6.39. The number of hydrogen-bond donors (Lipinski definition) is 1. The minimum absolute atomic E-state index is 0.0479. The van der Waals surface area contributed by atoms with Crippen molar-refractivity contribution in [3.05, 3.63) is 63.7 Å². The Morgan fingerprint density at radius 3 is 2.45 bits per heavy atom. The van der Waals surface area contributed by atoms with E-state index in [1.807, 2.05) is 6.92 Å². The Hall–Kier alpha value is -3.12. The molecule has 2 aromatic carbocycles. The molecule has 0 aliphatic carbocycles. The van der Waals surface area contributed by atoms with Gasteiger partial charge in [0.2, 0.25) is 0 Å². The smallest absolute Gasteiger partial charge is 0.335 e. The van der Waals surface area contributed by atoms with Crippen LogP contribution in [0.25, 0.3) is 6.08 Å². The van der Waals surface area contributed by atoms with Crippen molar-refractivity contribution in [3.63, 3.8) is 0 Å². The van der Waals surface area contributed by atoms with Gasteiger partial charge in [0, 0.05) is 22.8 Å².